The van der Waals surface area contributed by atoms with E-state index < -0.39 is 16.6 Å². The van der Waals surface area contributed by atoms with E-state index in [1.54, 1.807) is 6.92 Å². The molecule has 1 atom stereocenters. The highest BCUT2D eigenvalue weighted by molar-refractivity contribution is 6.85. The third kappa shape index (κ3) is 14.7. The second-order valence-corrected chi connectivity index (χ2v) is 16.6. The van der Waals surface area contributed by atoms with Gasteiger partial charge in [0.1, 0.15) is 0 Å². The van der Waals surface area contributed by atoms with E-state index in [4.69, 9.17) is 8.85 Å². The minimum absolute atomic E-state index is 0. The van der Waals surface area contributed by atoms with E-state index in [1.165, 1.54) is 44.2 Å². The highest BCUT2D eigenvalue weighted by atomic mass is 28.4. The monoisotopic (exact) mass is 404 g/mol. The van der Waals surface area contributed by atoms with Crippen LogP contribution in [0.25, 0.3) is 0 Å². The molecule has 0 aromatic carbocycles. The zero-order valence-electron chi connectivity index (χ0n) is 17.0. The van der Waals surface area contributed by atoms with Crippen molar-refractivity contribution in [2.24, 2.45) is 0 Å². The maximum Gasteiger partial charge on any atom is 0.333 e. The molecule has 0 aromatic heterocycles. The van der Waals surface area contributed by atoms with Gasteiger partial charge in [-0.3, -0.25) is 0 Å². The van der Waals surface area contributed by atoms with Gasteiger partial charge in [0, 0.05) is 5.57 Å². The van der Waals surface area contributed by atoms with Crippen LogP contribution in [0.4, 0.5) is 0 Å². The largest absolute Gasteiger partial charge is 0.462 e. The van der Waals surface area contributed by atoms with Gasteiger partial charge in [-0.1, -0.05) is 67.4 Å². The summed E-state index contributed by atoms with van der Waals surface area (Å²) >= 11 is 0. The number of unbranched alkanes of at least 4 members (excludes halogenated alkanes) is 3. The van der Waals surface area contributed by atoms with Crippen LogP contribution >= 0.6 is 0 Å². The predicted octanol–water partition coefficient (Wildman–Crippen LogP) is 7.56. The Balaban J connectivity index is -0.00000264. The van der Waals surface area contributed by atoms with Gasteiger partial charge in [0.25, 0.3) is 0 Å². The Kier molecular flexibility index (Phi) is 18.2. The van der Waals surface area contributed by atoms with E-state index in [0.717, 1.165) is 12.5 Å². The molecule has 0 aliphatic heterocycles. The van der Waals surface area contributed by atoms with Crippen molar-refractivity contribution in [3.63, 3.8) is 0 Å². The molecule has 0 saturated heterocycles. The molecule has 0 aliphatic rings. The summed E-state index contributed by atoms with van der Waals surface area (Å²) in [6.45, 7) is 17.4. The van der Waals surface area contributed by atoms with E-state index in [0.29, 0.717) is 12.2 Å². The van der Waals surface area contributed by atoms with Crippen molar-refractivity contribution in [2.45, 2.75) is 112 Å². The molecule has 0 N–H and O–H groups in total. The minimum atomic E-state index is -1.70. The molecule has 158 valence electrons. The van der Waals surface area contributed by atoms with Crippen molar-refractivity contribution in [3.8, 4) is 0 Å². The molecule has 0 heterocycles. The van der Waals surface area contributed by atoms with Crippen molar-refractivity contribution < 1.29 is 13.6 Å². The normalized spacial score (nSPS) is 13.2. The first kappa shape index (κ1) is 30.3. The van der Waals surface area contributed by atoms with Crippen LogP contribution in [-0.4, -0.2) is 29.2 Å². The van der Waals surface area contributed by atoms with Gasteiger partial charge in [0.15, 0.2) is 16.6 Å². The van der Waals surface area contributed by atoms with Crippen molar-refractivity contribution in [3.05, 3.63) is 12.2 Å². The molecule has 26 heavy (non-hydrogen) atoms. The van der Waals surface area contributed by atoms with Crippen molar-refractivity contribution >= 4 is 22.6 Å². The summed E-state index contributed by atoms with van der Waals surface area (Å²) in [5.41, 5.74) is 0.471. The Hall–Kier alpha value is -0.396. The van der Waals surface area contributed by atoms with Gasteiger partial charge in [-0.2, -0.15) is 0 Å². The number of rotatable bonds is 14. The van der Waals surface area contributed by atoms with E-state index >= 15 is 0 Å². The fourth-order valence-corrected chi connectivity index (χ4v) is 12.9. The third-order valence-corrected chi connectivity index (χ3v) is 13.0. The van der Waals surface area contributed by atoms with Crippen LogP contribution in [0.5, 0.6) is 0 Å². The third-order valence-electron chi connectivity index (χ3n) is 4.40. The first-order chi connectivity index (χ1) is 11.2. The van der Waals surface area contributed by atoms with Crippen molar-refractivity contribution in [1.82, 2.24) is 0 Å². The summed E-state index contributed by atoms with van der Waals surface area (Å²) in [7, 11) is -3.30. The highest BCUT2D eigenvalue weighted by Crippen LogP contribution is 2.29. The molecule has 0 saturated carbocycles. The lowest BCUT2D eigenvalue weighted by Gasteiger charge is -2.37. The maximum atomic E-state index is 11.4. The van der Waals surface area contributed by atoms with Crippen LogP contribution in [-0.2, 0) is 13.6 Å². The SMILES string of the molecule is C.C.C=C(C)C(=O)OCCC[Si](C)(C)O[Si](C)(CCCC)CCCCC. The lowest BCUT2D eigenvalue weighted by atomic mass is 10.3. The minimum Gasteiger partial charge on any atom is -0.462 e. The van der Waals surface area contributed by atoms with Crippen LogP contribution in [0.1, 0.15) is 74.1 Å². The lowest BCUT2D eigenvalue weighted by Crippen LogP contribution is -2.46. The van der Waals surface area contributed by atoms with Gasteiger partial charge in [0.05, 0.1) is 6.61 Å². The molecule has 0 aromatic rings. The Bertz CT molecular complexity index is 383. The average Bonchev–Trinajstić information content (AvgIpc) is 2.49. The Morgan fingerprint density at radius 3 is 1.92 bits per heavy atom. The first-order valence-electron chi connectivity index (χ1n) is 9.68. The number of hydrogen-bond acceptors (Lipinski definition) is 3. The summed E-state index contributed by atoms with van der Waals surface area (Å²) in [5, 5.41) is 0. The topological polar surface area (TPSA) is 35.5 Å². The van der Waals surface area contributed by atoms with Gasteiger partial charge < -0.3 is 8.85 Å². The summed E-state index contributed by atoms with van der Waals surface area (Å²) in [5.74, 6) is -0.280. The van der Waals surface area contributed by atoms with Gasteiger partial charge in [-0.25, -0.2) is 4.79 Å². The second kappa shape index (κ2) is 15.6. The quantitative estimate of drug-likeness (QED) is 0.130. The van der Waals surface area contributed by atoms with Crippen LogP contribution in [0.15, 0.2) is 12.2 Å². The zero-order valence-corrected chi connectivity index (χ0v) is 19.0. The van der Waals surface area contributed by atoms with Gasteiger partial charge in [-0.05, 0) is 51.1 Å². The number of hydrogen-bond donors (Lipinski definition) is 0. The predicted molar refractivity (Wildman–Crippen MR) is 123 cm³/mol. The fraction of sp³-hybridized carbons (Fsp3) is 0.857. The summed E-state index contributed by atoms with van der Waals surface area (Å²) in [4.78, 5) is 11.4. The molecule has 0 rings (SSSR count). The summed E-state index contributed by atoms with van der Waals surface area (Å²) in [6.07, 6.45) is 7.33. The van der Waals surface area contributed by atoms with Crippen molar-refractivity contribution in [1.29, 1.82) is 0 Å². The van der Waals surface area contributed by atoms with Gasteiger partial charge in [0.2, 0.25) is 0 Å². The number of ether oxygens (including phenoxy) is 1. The standard InChI is InChI=1S/C19H40O3Si2.2CH4/c1-8-10-12-17-24(7,16-11-9-2)22-23(5,6)15-13-14-21-19(20)18(3)4;;/h3,8-17H2,1-2,4-7H3;2*1H4. The molecule has 0 bridgehead atoms. The maximum absolute atomic E-state index is 11.4. The molecular weight excluding hydrogens is 356 g/mol. The van der Waals surface area contributed by atoms with Crippen LogP contribution in [0.3, 0.4) is 0 Å². The fourth-order valence-electron chi connectivity index (χ4n) is 3.03. The Morgan fingerprint density at radius 1 is 0.885 bits per heavy atom. The molecular formula is C21H48O3Si2. The molecule has 0 amide bonds. The van der Waals surface area contributed by atoms with E-state index in [9.17, 15) is 4.79 Å². The van der Waals surface area contributed by atoms with Crippen LogP contribution in [0.2, 0.25) is 37.8 Å². The highest BCUT2D eigenvalue weighted by Gasteiger charge is 2.35. The molecule has 0 radical (unpaired) electrons. The molecule has 1 unspecified atom stereocenters. The molecule has 5 heteroatoms. The van der Waals surface area contributed by atoms with E-state index in [1.807, 2.05) is 0 Å². The van der Waals surface area contributed by atoms with Gasteiger partial charge >= 0.3 is 5.97 Å². The van der Waals surface area contributed by atoms with E-state index in [2.05, 4.69) is 40.1 Å². The molecule has 0 aliphatic carbocycles. The average molecular weight is 405 g/mol. The summed E-state index contributed by atoms with van der Waals surface area (Å²) < 4.78 is 12.1. The number of carbonyl (C=O) groups is 1. The molecule has 3 nitrogen and oxygen atoms in total. The van der Waals surface area contributed by atoms with Crippen LogP contribution < -0.4 is 0 Å². The Morgan fingerprint density at radius 2 is 1.42 bits per heavy atom. The Labute approximate surface area is 167 Å². The molecule has 0 fully saturated rings. The molecule has 0 spiro atoms. The second-order valence-electron chi connectivity index (χ2n) is 7.89. The van der Waals surface area contributed by atoms with Gasteiger partial charge in [-0.15, -0.1) is 0 Å². The number of carbonyl (C=O) groups excluding carboxylic acids is 1. The first-order valence-corrected chi connectivity index (χ1v) is 15.6. The summed E-state index contributed by atoms with van der Waals surface area (Å²) in [6, 6.07) is 3.63. The van der Waals surface area contributed by atoms with Crippen molar-refractivity contribution in [2.75, 3.05) is 6.61 Å². The van der Waals surface area contributed by atoms with Crippen LogP contribution in [0, 0.1) is 0 Å². The lowest BCUT2D eigenvalue weighted by molar-refractivity contribution is -0.138. The number of esters is 1. The smallest absolute Gasteiger partial charge is 0.333 e. The van der Waals surface area contributed by atoms with E-state index in [-0.39, 0.29) is 20.8 Å². The zero-order chi connectivity index (χ0) is 18.6.